The molecule has 0 aliphatic rings. The highest BCUT2D eigenvalue weighted by Crippen LogP contribution is 2.25. The van der Waals surface area contributed by atoms with Crippen molar-refractivity contribution in [3.05, 3.63) is 80.6 Å². The van der Waals surface area contributed by atoms with Crippen LogP contribution in [0.25, 0.3) is 17.4 Å². The van der Waals surface area contributed by atoms with E-state index >= 15 is 0 Å². The van der Waals surface area contributed by atoms with Crippen LogP contribution in [0.2, 0.25) is 5.02 Å². The Balaban J connectivity index is 1.81. The predicted molar refractivity (Wildman–Crippen MR) is 111 cm³/mol. The van der Waals surface area contributed by atoms with Gasteiger partial charge >= 0.3 is 0 Å². The molecule has 128 valence electrons. The molecule has 2 aromatic carbocycles. The Morgan fingerprint density at radius 1 is 1.12 bits per heavy atom. The maximum absolute atomic E-state index is 12.4. The summed E-state index contributed by atoms with van der Waals surface area (Å²) in [6.45, 7) is 0. The molecular formula is C20H12ClIN2O2. The third-order valence-electron chi connectivity index (χ3n) is 3.53. The summed E-state index contributed by atoms with van der Waals surface area (Å²) in [5, 5.41) is 12.7. The largest absolute Gasteiger partial charge is 0.457 e. The minimum atomic E-state index is -0.485. The summed E-state index contributed by atoms with van der Waals surface area (Å²) >= 11 is 8.00. The molecule has 0 unspecified atom stereocenters. The zero-order valence-corrected chi connectivity index (χ0v) is 16.3. The smallest absolute Gasteiger partial charge is 0.266 e. The standard InChI is InChI=1S/C20H12ClIN2O2/c21-15-7-5-13(6-8-15)19-10-9-16(26-19)11-14(12-23)20(25)24-18-4-2-1-3-17(18)22/h1-11H,(H,24,25)/b14-11-. The minimum absolute atomic E-state index is 0.0401. The topological polar surface area (TPSA) is 66.0 Å². The molecule has 0 fully saturated rings. The molecule has 0 atom stereocenters. The van der Waals surface area contributed by atoms with Gasteiger partial charge in [0.25, 0.3) is 5.91 Å². The number of rotatable bonds is 4. The van der Waals surface area contributed by atoms with Gasteiger partial charge in [-0.3, -0.25) is 4.79 Å². The number of amides is 1. The normalized spacial score (nSPS) is 11.0. The molecule has 6 heteroatoms. The van der Waals surface area contributed by atoms with Crippen LogP contribution in [0.15, 0.2) is 70.7 Å². The fourth-order valence-electron chi connectivity index (χ4n) is 2.24. The number of para-hydroxylation sites is 1. The first kappa shape index (κ1) is 18.2. The summed E-state index contributed by atoms with van der Waals surface area (Å²) in [6, 6.07) is 20.0. The van der Waals surface area contributed by atoms with Crippen LogP contribution in [0.3, 0.4) is 0 Å². The summed E-state index contributed by atoms with van der Waals surface area (Å²) in [6.07, 6.45) is 1.42. The van der Waals surface area contributed by atoms with E-state index < -0.39 is 5.91 Å². The number of nitriles is 1. The third kappa shape index (κ3) is 4.34. The van der Waals surface area contributed by atoms with Gasteiger partial charge in [0.15, 0.2) is 0 Å². The second kappa shape index (κ2) is 8.21. The molecule has 1 heterocycles. The molecule has 0 aliphatic heterocycles. The number of nitrogens with one attached hydrogen (secondary N) is 1. The molecule has 0 spiro atoms. The van der Waals surface area contributed by atoms with Gasteiger partial charge in [0.1, 0.15) is 23.2 Å². The van der Waals surface area contributed by atoms with Crippen LogP contribution in [0.4, 0.5) is 5.69 Å². The third-order valence-corrected chi connectivity index (χ3v) is 4.72. The molecule has 1 N–H and O–H groups in total. The number of nitrogens with zero attached hydrogens (tertiary/aromatic N) is 1. The Hall–Kier alpha value is -2.56. The number of anilines is 1. The zero-order chi connectivity index (χ0) is 18.5. The summed E-state index contributed by atoms with van der Waals surface area (Å²) in [7, 11) is 0. The molecule has 3 aromatic rings. The van der Waals surface area contributed by atoms with E-state index in [4.69, 9.17) is 16.0 Å². The van der Waals surface area contributed by atoms with E-state index in [9.17, 15) is 10.1 Å². The van der Waals surface area contributed by atoms with Gasteiger partial charge in [-0.1, -0.05) is 23.7 Å². The first-order valence-corrected chi connectivity index (χ1v) is 9.06. The number of hydrogen-bond acceptors (Lipinski definition) is 3. The van der Waals surface area contributed by atoms with Gasteiger partial charge in [-0.2, -0.15) is 5.26 Å². The molecule has 4 nitrogen and oxygen atoms in total. The number of carbonyl (C=O) groups is 1. The average Bonchev–Trinajstić information content (AvgIpc) is 3.10. The van der Waals surface area contributed by atoms with E-state index in [1.165, 1.54) is 6.08 Å². The second-order valence-electron chi connectivity index (χ2n) is 5.31. The van der Waals surface area contributed by atoms with Crippen molar-refractivity contribution >= 4 is 51.9 Å². The quantitative estimate of drug-likeness (QED) is 0.297. The lowest BCUT2D eigenvalue weighted by molar-refractivity contribution is -0.112. The van der Waals surface area contributed by atoms with Crippen molar-refractivity contribution in [2.45, 2.75) is 0 Å². The van der Waals surface area contributed by atoms with Gasteiger partial charge in [0.05, 0.1) is 5.69 Å². The molecule has 0 aliphatic carbocycles. The van der Waals surface area contributed by atoms with Gasteiger partial charge in [0.2, 0.25) is 0 Å². The van der Waals surface area contributed by atoms with Crippen molar-refractivity contribution in [2.24, 2.45) is 0 Å². The van der Waals surface area contributed by atoms with Gasteiger partial charge in [-0.25, -0.2) is 0 Å². The Bertz CT molecular complexity index is 1020. The molecule has 0 bridgehead atoms. The Kier molecular flexibility index (Phi) is 5.76. The first-order valence-electron chi connectivity index (χ1n) is 7.60. The highest BCUT2D eigenvalue weighted by atomic mass is 127. The van der Waals surface area contributed by atoms with Gasteiger partial charge in [-0.05, 0) is 71.1 Å². The minimum Gasteiger partial charge on any atom is -0.457 e. The SMILES string of the molecule is N#C/C(=C/c1ccc(-c2ccc(Cl)cc2)o1)C(=O)Nc1ccccc1I. The van der Waals surface area contributed by atoms with Crippen LogP contribution in [-0.2, 0) is 4.79 Å². The highest BCUT2D eigenvalue weighted by Gasteiger charge is 2.12. The van der Waals surface area contributed by atoms with E-state index in [2.05, 4.69) is 27.9 Å². The van der Waals surface area contributed by atoms with E-state index in [0.717, 1.165) is 9.13 Å². The first-order chi connectivity index (χ1) is 12.6. The lowest BCUT2D eigenvalue weighted by Gasteiger charge is -2.05. The van der Waals surface area contributed by atoms with Crippen LogP contribution in [0, 0.1) is 14.9 Å². The fourth-order valence-corrected chi connectivity index (χ4v) is 2.89. The van der Waals surface area contributed by atoms with Gasteiger partial charge < -0.3 is 9.73 Å². The Morgan fingerprint density at radius 2 is 1.85 bits per heavy atom. The molecule has 3 rings (SSSR count). The number of hydrogen-bond donors (Lipinski definition) is 1. The Morgan fingerprint density at radius 3 is 2.54 bits per heavy atom. The molecule has 1 amide bonds. The molecule has 0 saturated carbocycles. The number of carbonyl (C=O) groups excluding carboxylic acids is 1. The highest BCUT2D eigenvalue weighted by molar-refractivity contribution is 14.1. The molecule has 1 aromatic heterocycles. The number of benzene rings is 2. The van der Waals surface area contributed by atoms with Gasteiger partial charge in [0, 0.05) is 20.2 Å². The van der Waals surface area contributed by atoms with E-state index in [1.54, 1.807) is 30.3 Å². The van der Waals surface area contributed by atoms with Gasteiger partial charge in [-0.15, -0.1) is 0 Å². The number of halogens is 2. The zero-order valence-electron chi connectivity index (χ0n) is 13.4. The second-order valence-corrected chi connectivity index (χ2v) is 6.91. The van der Waals surface area contributed by atoms with Crippen LogP contribution in [0.1, 0.15) is 5.76 Å². The van der Waals surface area contributed by atoms with Crippen LogP contribution >= 0.6 is 34.2 Å². The average molecular weight is 475 g/mol. The van der Waals surface area contributed by atoms with Crippen molar-refractivity contribution in [2.75, 3.05) is 5.32 Å². The van der Waals surface area contributed by atoms with Crippen molar-refractivity contribution in [3.8, 4) is 17.4 Å². The van der Waals surface area contributed by atoms with Crippen LogP contribution in [0.5, 0.6) is 0 Å². The lowest BCUT2D eigenvalue weighted by Crippen LogP contribution is -2.14. The molecule has 0 saturated heterocycles. The molecule has 0 radical (unpaired) electrons. The molecular weight excluding hydrogens is 463 g/mol. The van der Waals surface area contributed by atoms with Crippen molar-refractivity contribution < 1.29 is 9.21 Å². The lowest BCUT2D eigenvalue weighted by atomic mass is 10.2. The van der Waals surface area contributed by atoms with E-state index in [0.29, 0.717) is 22.2 Å². The monoisotopic (exact) mass is 474 g/mol. The predicted octanol–water partition coefficient (Wildman–Crippen LogP) is 5.75. The summed E-state index contributed by atoms with van der Waals surface area (Å²) in [5.74, 6) is 0.564. The molecule has 26 heavy (non-hydrogen) atoms. The van der Waals surface area contributed by atoms with Crippen LogP contribution in [-0.4, -0.2) is 5.91 Å². The summed E-state index contributed by atoms with van der Waals surface area (Å²) in [5.41, 5.74) is 1.47. The maximum atomic E-state index is 12.4. The van der Waals surface area contributed by atoms with Crippen molar-refractivity contribution in [1.82, 2.24) is 0 Å². The van der Waals surface area contributed by atoms with Crippen molar-refractivity contribution in [3.63, 3.8) is 0 Å². The summed E-state index contributed by atoms with van der Waals surface area (Å²) in [4.78, 5) is 12.4. The summed E-state index contributed by atoms with van der Waals surface area (Å²) < 4.78 is 6.60. The van der Waals surface area contributed by atoms with Crippen LogP contribution < -0.4 is 5.32 Å². The Labute approximate surface area is 169 Å². The maximum Gasteiger partial charge on any atom is 0.266 e. The van der Waals surface area contributed by atoms with Crippen molar-refractivity contribution in [1.29, 1.82) is 5.26 Å². The van der Waals surface area contributed by atoms with E-state index in [-0.39, 0.29) is 5.57 Å². The fraction of sp³-hybridized carbons (Fsp3) is 0. The van der Waals surface area contributed by atoms with E-state index in [1.807, 2.05) is 36.4 Å². The number of furan rings is 1.